The molecule has 2 rings (SSSR count). The monoisotopic (exact) mass is 230 g/mol. The Kier molecular flexibility index (Phi) is 2.60. The van der Waals surface area contributed by atoms with Gasteiger partial charge in [-0.15, -0.1) is 11.6 Å². The number of fused-ring (bicyclic) bond motifs is 1. The average Bonchev–Trinajstić information content (AvgIpc) is 2.08. The molecular weight excluding hydrogens is 219 g/mol. The highest BCUT2D eigenvalue weighted by molar-refractivity contribution is 6.24. The van der Waals surface area contributed by atoms with Gasteiger partial charge in [0.15, 0.2) is 5.62 Å². The van der Waals surface area contributed by atoms with Crippen LogP contribution in [0.25, 0.3) is 0 Å². The van der Waals surface area contributed by atoms with Gasteiger partial charge >= 0.3 is 0 Å². The van der Waals surface area contributed by atoms with E-state index in [0.717, 1.165) is 11.3 Å². The Hall–Kier alpha value is -0.440. The number of nitrogens with one attached hydrogen (secondary N) is 2. The molecule has 0 saturated heterocycles. The normalized spacial score (nSPS) is 25.4. The predicted molar refractivity (Wildman–Crippen MR) is 60.9 cm³/mol. The average molecular weight is 231 g/mol. The topological polar surface area (TPSA) is 24.1 Å². The van der Waals surface area contributed by atoms with Crippen LogP contribution in [0.1, 0.15) is 22.2 Å². The van der Waals surface area contributed by atoms with Crippen LogP contribution in [-0.2, 0) is 0 Å². The van der Waals surface area contributed by atoms with Crippen LogP contribution in [0.3, 0.4) is 0 Å². The fourth-order valence-electron chi connectivity index (χ4n) is 1.57. The van der Waals surface area contributed by atoms with Gasteiger partial charge in [0.1, 0.15) is 5.50 Å². The summed E-state index contributed by atoms with van der Waals surface area (Å²) in [5, 5.41) is 6.13. The first-order valence-electron chi connectivity index (χ1n) is 4.50. The van der Waals surface area contributed by atoms with Gasteiger partial charge in [0, 0.05) is 11.3 Å². The van der Waals surface area contributed by atoms with Gasteiger partial charge in [0.2, 0.25) is 0 Å². The number of halogens is 2. The summed E-state index contributed by atoms with van der Waals surface area (Å²) in [5.74, 6) is 0. The van der Waals surface area contributed by atoms with Crippen molar-refractivity contribution in [2.24, 2.45) is 0 Å². The number of rotatable bonds is 0. The quantitative estimate of drug-likeness (QED) is 0.529. The van der Waals surface area contributed by atoms with E-state index in [2.05, 4.69) is 36.6 Å². The molecule has 1 aliphatic rings. The molecule has 0 fully saturated rings. The number of alkyl halides is 2. The Morgan fingerprint density at radius 1 is 1.14 bits per heavy atom. The molecule has 0 radical (unpaired) electrons. The van der Waals surface area contributed by atoms with Crippen molar-refractivity contribution in [3.63, 3.8) is 0 Å². The van der Waals surface area contributed by atoms with E-state index < -0.39 is 0 Å². The lowest BCUT2D eigenvalue weighted by Crippen LogP contribution is -2.37. The molecule has 0 unspecified atom stereocenters. The van der Waals surface area contributed by atoms with Crippen LogP contribution >= 0.6 is 23.2 Å². The summed E-state index contributed by atoms with van der Waals surface area (Å²) in [7, 11) is 0. The highest BCUT2D eigenvalue weighted by atomic mass is 35.5. The molecule has 1 aromatic carbocycles. The molecule has 0 saturated carbocycles. The van der Waals surface area contributed by atoms with Crippen LogP contribution in [0.2, 0.25) is 0 Å². The van der Waals surface area contributed by atoms with E-state index in [1.807, 2.05) is 0 Å². The highest BCUT2D eigenvalue weighted by Gasteiger charge is 2.22. The second-order valence-corrected chi connectivity index (χ2v) is 4.43. The zero-order chi connectivity index (χ0) is 10.3. The number of anilines is 1. The molecule has 14 heavy (non-hydrogen) atoms. The molecule has 0 aliphatic carbocycles. The first-order chi connectivity index (χ1) is 6.58. The third-order valence-corrected chi connectivity index (χ3v) is 3.11. The maximum Gasteiger partial charge on any atom is 0.156 e. The van der Waals surface area contributed by atoms with Gasteiger partial charge in [-0.2, -0.15) is 0 Å². The van der Waals surface area contributed by atoms with E-state index in [-0.39, 0.29) is 11.1 Å². The van der Waals surface area contributed by atoms with E-state index in [0.29, 0.717) is 0 Å². The van der Waals surface area contributed by atoms with Crippen LogP contribution in [0, 0.1) is 13.8 Å². The first-order valence-corrected chi connectivity index (χ1v) is 5.37. The Morgan fingerprint density at radius 3 is 2.50 bits per heavy atom. The van der Waals surface area contributed by atoms with Gasteiger partial charge in [-0.25, -0.2) is 0 Å². The zero-order valence-electron chi connectivity index (χ0n) is 8.07. The molecule has 0 amide bonds. The molecule has 2 nitrogen and oxygen atoms in total. The van der Waals surface area contributed by atoms with Crippen molar-refractivity contribution in [1.82, 2.24) is 5.32 Å². The lowest BCUT2D eigenvalue weighted by atomic mass is 10.0. The van der Waals surface area contributed by atoms with Gasteiger partial charge < -0.3 is 5.32 Å². The van der Waals surface area contributed by atoms with Crippen LogP contribution in [0.15, 0.2) is 12.1 Å². The molecule has 2 N–H and O–H groups in total. The Morgan fingerprint density at radius 2 is 1.79 bits per heavy atom. The fraction of sp³-hybridized carbons (Fsp3) is 0.400. The Bertz CT molecular complexity index is 365. The van der Waals surface area contributed by atoms with Gasteiger partial charge in [-0.05, 0) is 31.0 Å². The van der Waals surface area contributed by atoms with Crippen molar-refractivity contribution in [1.29, 1.82) is 0 Å². The van der Waals surface area contributed by atoms with Crippen molar-refractivity contribution in [3.8, 4) is 0 Å². The predicted octanol–water partition coefficient (Wildman–Crippen LogP) is 3.08. The Balaban J connectivity index is 2.49. The number of hydrogen-bond donors (Lipinski definition) is 2. The lowest BCUT2D eigenvalue weighted by molar-refractivity contribution is 0.642. The molecule has 4 heteroatoms. The summed E-state index contributed by atoms with van der Waals surface area (Å²) in [5.41, 5.74) is 4.05. The summed E-state index contributed by atoms with van der Waals surface area (Å²) < 4.78 is 0. The van der Waals surface area contributed by atoms with Crippen LogP contribution in [0.4, 0.5) is 5.69 Å². The Labute approximate surface area is 93.6 Å². The molecular formula is C10H12Cl2N2. The van der Waals surface area contributed by atoms with E-state index in [1.165, 1.54) is 11.1 Å². The minimum absolute atomic E-state index is 0.215. The molecule has 1 heterocycles. The van der Waals surface area contributed by atoms with Crippen molar-refractivity contribution in [2.75, 3.05) is 5.32 Å². The second kappa shape index (κ2) is 3.61. The minimum atomic E-state index is -0.299. The first kappa shape index (κ1) is 10.1. The van der Waals surface area contributed by atoms with Crippen LogP contribution in [-0.4, -0.2) is 5.62 Å². The standard InChI is InChI=1S/C10H12Cl2N2/c1-5-3-7-8(4-6(5)2)13-10(12)14-9(7)11/h3-4,9-10,13-14H,1-2H3/t9-,10-/m0/s1. The largest absolute Gasteiger partial charge is 0.357 e. The van der Waals surface area contributed by atoms with E-state index in [4.69, 9.17) is 23.2 Å². The summed E-state index contributed by atoms with van der Waals surface area (Å²) in [6, 6.07) is 4.17. The lowest BCUT2D eigenvalue weighted by Gasteiger charge is -2.28. The highest BCUT2D eigenvalue weighted by Crippen LogP contribution is 2.33. The van der Waals surface area contributed by atoms with E-state index in [9.17, 15) is 0 Å². The maximum absolute atomic E-state index is 6.13. The van der Waals surface area contributed by atoms with E-state index in [1.54, 1.807) is 0 Å². The van der Waals surface area contributed by atoms with Crippen molar-refractivity contribution >= 4 is 28.9 Å². The number of hydrogen-bond acceptors (Lipinski definition) is 2. The third-order valence-electron chi connectivity index (χ3n) is 2.51. The molecule has 0 bridgehead atoms. The van der Waals surface area contributed by atoms with Crippen molar-refractivity contribution < 1.29 is 0 Å². The maximum atomic E-state index is 6.13. The van der Waals surface area contributed by atoms with Gasteiger partial charge in [-0.3, -0.25) is 5.32 Å². The molecule has 1 aliphatic heterocycles. The fourth-order valence-corrected chi connectivity index (χ4v) is 2.18. The molecule has 76 valence electrons. The zero-order valence-corrected chi connectivity index (χ0v) is 9.58. The van der Waals surface area contributed by atoms with Gasteiger partial charge in [0.05, 0.1) is 0 Å². The SMILES string of the molecule is Cc1cc2c(cc1C)[C@@H](Cl)N[C@@H](Cl)N2. The van der Waals surface area contributed by atoms with Crippen molar-refractivity contribution in [2.45, 2.75) is 25.0 Å². The second-order valence-electron chi connectivity index (χ2n) is 3.56. The third kappa shape index (κ3) is 1.70. The molecule has 0 aromatic heterocycles. The van der Waals surface area contributed by atoms with Crippen LogP contribution < -0.4 is 10.6 Å². The van der Waals surface area contributed by atoms with Gasteiger partial charge in [0.25, 0.3) is 0 Å². The molecule has 0 spiro atoms. The number of aryl methyl sites for hydroxylation is 2. The summed E-state index contributed by atoms with van der Waals surface area (Å²) >= 11 is 12.1. The molecule has 2 atom stereocenters. The molecule has 1 aromatic rings. The minimum Gasteiger partial charge on any atom is -0.357 e. The summed E-state index contributed by atoms with van der Waals surface area (Å²) in [6.45, 7) is 4.15. The summed E-state index contributed by atoms with van der Waals surface area (Å²) in [6.07, 6.45) is 0. The van der Waals surface area contributed by atoms with Gasteiger partial charge in [-0.1, -0.05) is 17.7 Å². The van der Waals surface area contributed by atoms with E-state index >= 15 is 0 Å². The van der Waals surface area contributed by atoms with Crippen molar-refractivity contribution in [3.05, 3.63) is 28.8 Å². The number of benzene rings is 1. The van der Waals surface area contributed by atoms with Crippen LogP contribution in [0.5, 0.6) is 0 Å². The smallest absolute Gasteiger partial charge is 0.156 e. The summed E-state index contributed by atoms with van der Waals surface area (Å²) in [4.78, 5) is 0.